The monoisotopic (exact) mass is 320 g/mol. The third-order valence-corrected chi connectivity index (χ3v) is 3.28. The van der Waals surface area contributed by atoms with Crippen molar-refractivity contribution in [1.82, 2.24) is 5.43 Å². The van der Waals surface area contributed by atoms with E-state index in [0.29, 0.717) is 12.2 Å². The SMILES string of the molecule is C=CCOc1ccc(/C=N\NC(=O)c2cc3ccccc3o2)cc1. The first-order chi connectivity index (χ1) is 11.8. The highest BCUT2D eigenvalue weighted by atomic mass is 16.5. The summed E-state index contributed by atoms with van der Waals surface area (Å²) >= 11 is 0. The minimum Gasteiger partial charge on any atom is -0.490 e. The van der Waals surface area contributed by atoms with Crippen LogP contribution in [0.1, 0.15) is 16.1 Å². The number of benzene rings is 2. The van der Waals surface area contributed by atoms with Crippen molar-refractivity contribution in [3.63, 3.8) is 0 Å². The number of hydrazone groups is 1. The average Bonchev–Trinajstić information content (AvgIpc) is 3.05. The van der Waals surface area contributed by atoms with Crippen molar-refractivity contribution in [2.75, 3.05) is 6.61 Å². The van der Waals surface area contributed by atoms with Gasteiger partial charge in [-0.05, 0) is 42.0 Å². The van der Waals surface area contributed by atoms with Gasteiger partial charge >= 0.3 is 5.91 Å². The quantitative estimate of drug-likeness (QED) is 0.427. The van der Waals surface area contributed by atoms with Crippen LogP contribution < -0.4 is 10.2 Å². The molecule has 0 aliphatic rings. The lowest BCUT2D eigenvalue weighted by molar-refractivity contribution is 0.0929. The van der Waals surface area contributed by atoms with E-state index in [9.17, 15) is 4.79 Å². The number of nitrogens with one attached hydrogen (secondary N) is 1. The van der Waals surface area contributed by atoms with Gasteiger partial charge in [-0.1, -0.05) is 30.9 Å². The van der Waals surface area contributed by atoms with E-state index in [1.165, 1.54) is 0 Å². The highest BCUT2D eigenvalue weighted by molar-refractivity contribution is 5.96. The Kier molecular flexibility index (Phi) is 4.72. The summed E-state index contributed by atoms with van der Waals surface area (Å²) in [5.41, 5.74) is 3.96. The van der Waals surface area contributed by atoms with Crippen molar-refractivity contribution in [1.29, 1.82) is 0 Å². The van der Waals surface area contributed by atoms with Gasteiger partial charge in [-0.2, -0.15) is 5.10 Å². The molecule has 0 bridgehead atoms. The molecule has 0 spiro atoms. The van der Waals surface area contributed by atoms with Crippen LogP contribution in [0.25, 0.3) is 11.0 Å². The van der Waals surface area contributed by atoms with Gasteiger partial charge in [0.25, 0.3) is 0 Å². The van der Waals surface area contributed by atoms with Crippen molar-refractivity contribution in [2.24, 2.45) is 5.10 Å². The molecule has 24 heavy (non-hydrogen) atoms. The zero-order valence-corrected chi connectivity index (χ0v) is 12.9. The molecule has 1 aromatic heterocycles. The third-order valence-electron chi connectivity index (χ3n) is 3.28. The molecular formula is C19H16N2O3. The number of nitrogens with zero attached hydrogens (tertiary/aromatic N) is 1. The second-order valence-corrected chi connectivity index (χ2v) is 5.02. The standard InChI is InChI=1S/C19H16N2O3/c1-2-11-23-16-9-7-14(8-10-16)13-20-21-19(22)18-12-15-5-3-4-6-17(15)24-18/h2-10,12-13H,1,11H2,(H,21,22)/b20-13-. The van der Waals surface area contributed by atoms with Crippen LogP contribution in [0.3, 0.4) is 0 Å². The number of fused-ring (bicyclic) bond motifs is 1. The lowest BCUT2D eigenvalue weighted by Crippen LogP contribution is -2.16. The molecule has 1 heterocycles. The Morgan fingerprint density at radius 2 is 2.00 bits per heavy atom. The summed E-state index contributed by atoms with van der Waals surface area (Å²) in [5.74, 6) is 0.577. The topological polar surface area (TPSA) is 63.8 Å². The molecule has 120 valence electrons. The molecule has 0 radical (unpaired) electrons. The second-order valence-electron chi connectivity index (χ2n) is 5.02. The van der Waals surface area contributed by atoms with Crippen LogP contribution in [0.15, 0.2) is 76.8 Å². The predicted octanol–water partition coefficient (Wildman–Crippen LogP) is 3.76. The number of hydrogen-bond donors (Lipinski definition) is 1. The normalized spacial score (nSPS) is 10.8. The number of carbonyl (C=O) groups is 1. The van der Waals surface area contributed by atoms with Crippen LogP contribution in [-0.4, -0.2) is 18.7 Å². The number of hydrogen-bond acceptors (Lipinski definition) is 4. The molecule has 0 unspecified atom stereocenters. The van der Waals surface area contributed by atoms with E-state index in [1.54, 1.807) is 18.4 Å². The summed E-state index contributed by atoms with van der Waals surface area (Å²) < 4.78 is 10.9. The molecule has 1 N–H and O–H groups in total. The zero-order valence-electron chi connectivity index (χ0n) is 12.9. The molecule has 2 aromatic carbocycles. The van der Waals surface area contributed by atoms with Gasteiger partial charge in [0, 0.05) is 5.39 Å². The van der Waals surface area contributed by atoms with E-state index >= 15 is 0 Å². The van der Waals surface area contributed by atoms with E-state index in [0.717, 1.165) is 16.7 Å². The number of ether oxygens (including phenoxy) is 1. The predicted molar refractivity (Wildman–Crippen MR) is 93.4 cm³/mol. The fourth-order valence-corrected chi connectivity index (χ4v) is 2.12. The maximum atomic E-state index is 12.0. The largest absolute Gasteiger partial charge is 0.490 e. The number of carbonyl (C=O) groups excluding carboxylic acids is 1. The van der Waals surface area contributed by atoms with Crippen LogP contribution in [0.5, 0.6) is 5.75 Å². The molecule has 5 nitrogen and oxygen atoms in total. The summed E-state index contributed by atoms with van der Waals surface area (Å²) in [4.78, 5) is 12.0. The minimum absolute atomic E-state index is 0.224. The molecule has 0 saturated carbocycles. The van der Waals surface area contributed by atoms with Crippen LogP contribution in [-0.2, 0) is 0 Å². The van der Waals surface area contributed by atoms with E-state index in [4.69, 9.17) is 9.15 Å². The Morgan fingerprint density at radius 3 is 2.75 bits per heavy atom. The highest BCUT2D eigenvalue weighted by Gasteiger charge is 2.10. The molecule has 5 heteroatoms. The first-order valence-corrected chi connectivity index (χ1v) is 7.42. The van der Waals surface area contributed by atoms with E-state index in [2.05, 4.69) is 17.1 Å². The van der Waals surface area contributed by atoms with Crippen molar-refractivity contribution < 1.29 is 13.9 Å². The van der Waals surface area contributed by atoms with Gasteiger partial charge in [-0.25, -0.2) is 5.43 Å². The fourth-order valence-electron chi connectivity index (χ4n) is 2.12. The van der Waals surface area contributed by atoms with E-state index in [1.807, 2.05) is 48.5 Å². The average molecular weight is 320 g/mol. The van der Waals surface area contributed by atoms with Gasteiger partial charge in [0.1, 0.15) is 17.9 Å². The van der Waals surface area contributed by atoms with Gasteiger partial charge in [-0.3, -0.25) is 4.79 Å². The van der Waals surface area contributed by atoms with Crippen LogP contribution in [0.4, 0.5) is 0 Å². The van der Waals surface area contributed by atoms with Gasteiger partial charge < -0.3 is 9.15 Å². The van der Waals surface area contributed by atoms with Crippen LogP contribution in [0, 0.1) is 0 Å². The molecule has 3 rings (SSSR count). The lowest BCUT2D eigenvalue weighted by Gasteiger charge is -2.02. The maximum Gasteiger partial charge on any atom is 0.307 e. The van der Waals surface area contributed by atoms with Gasteiger partial charge in [-0.15, -0.1) is 0 Å². The number of rotatable bonds is 6. The maximum absolute atomic E-state index is 12.0. The summed E-state index contributed by atoms with van der Waals surface area (Å²) in [6.07, 6.45) is 3.24. The molecule has 1 amide bonds. The van der Waals surface area contributed by atoms with Gasteiger partial charge in [0.05, 0.1) is 6.21 Å². The van der Waals surface area contributed by atoms with Crippen LogP contribution >= 0.6 is 0 Å². The van der Waals surface area contributed by atoms with E-state index in [-0.39, 0.29) is 5.76 Å². The molecule has 0 saturated heterocycles. The summed E-state index contributed by atoms with van der Waals surface area (Å²) in [6, 6.07) is 16.5. The van der Waals surface area contributed by atoms with Gasteiger partial charge in [0.2, 0.25) is 0 Å². The lowest BCUT2D eigenvalue weighted by atomic mass is 10.2. The zero-order chi connectivity index (χ0) is 16.8. The third kappa shape index (κ3) is 3.70. The molecule has 0 aliphatic carbocycles. The number of furan rings is 1. The smallest absolute Gasteiger partial charge is 0.307 e. The molecule has 3 aromatic rings. The Balaban J connectivity index is 1.60. The van der Waals surface area contributed by atoms with Gasteiger partial charge in [0.15, 0.2) is 5.76 Å². The summed E-state index contributed by atoms with van der Waals surface area (Å²) in [5, 5.41) is 4.81. The minimum atomic E-state index is -0.395. The van der Waals surface area contributed by atoms with Crippen molar-refractivity contribution in [3.05, 3.63) is 78.6 Å². The molecule has 0 atom stereocenters. The molecular weight excluding hydrogens is 304 g/mol. The number of amides is 1. The Labute approximate surface area is 139 Å². The highest BCUT2D eigenvalue weighted by Crippen LogP contribution is 2.18. The first kappa shape index (κ1) is 15.6. The molecule has 0 fully saturated rings. The van der Waals surface area contributed by atoms with E-state index < -0.39 is 5.91 Å². The molecule has 0 aliphatic heterocycles. The second kappa shape index (κ2) is 7.28. The Hall–Kier alpha value is -3.34. The Morgan fingerprint density at radius 1 is 1.21 bits per heavy atom. The van der Waals surface area contributed by atoms with Crippen LogP contribution in [0.2, 0.25) is 0 Å². The summed E-state index contributed by atoms with van der Waals surface area (Å²) in [6.45, 7) is 4.05. The Bertz CT molecular complexity index is 846. The summed E-state index contributed by atoms with van der Waals surface area (Å²) in [7, 11) is 0. The fraction of sp³-hybridized carbons (Fsp3) is 0.0526. The van der Waals surface area contributed by atoms with Crippen molar-refractivity contribution in [3.8, 4) is 5.75 Å². The first-order valence-electron chi connectivity index (χ1n) is 7.42. The van der Waals surface area contributed by atoms with Crippen molar-refractivity contribution >= 4 is 23.1 Å². The van der Waals surface area contributed by atoms with Crippen molar-refractivity contribution in [2.45, 2.75) is 0 Å². The number of para-hydroxylation sites is 1.